The van der Waals surface area contributed by atoms with Gasteiger partial charge in [0, 0.05) is 22.6 Å². The summed E-state index contributed by atoms with van der Waals surface area (Å²) in [5, 5.41) is 0. The lowest BCUT2D eigenvalue weighted by Crippen LogP contribution is -2.06. The second kappa shape index (κ2) is 8.10. The number of rotatable bonds is 6. The van der Waals surface area contributed by atoms with E-state index < -0.39 is 0 Å². The fourth-order valence-electron chi connectivity index (χ4n) is 3.30. The number of H-pyrrole nitrogens is 2. The molecule has 29 heavy (non-hydrogen) atoms. The molecule has 2 aromatic heterocycles. The molecule has 2 N–H and O–H groups in total. The van der Waals surface area contributed by atoms with E-state index >= 15 is 0 Å². The number of esters is 1. The van der Waals surface area contributed by atoms with E-state index in [0.29, 0.717) is 12.3 Å². The topological polar surface area (TPSA) is 67.1 Å². The average molecular weight is 386 g/mol. The number of benzene rings is 2. The summed E-state index contributed by atoms with van der Waals surface area (Å²) in [5.74, 6) is 0.438. The van der Waals surface area contributed by atoms with Gasteiger partial charge in [0.15, 0.2) is 0 Å². The van der Waals surface area contributed by atoms with E-state index in [4.69, 9.17) is 9.47 Å². The maximum atomic E-state index is 12.5. The smallest absolute Gasteiger partial charge is 0.355 e. The molecule has 0 unspecified atom stereocenters. The van der Waals surface area contributed by atoms with Crippen LogP contribution in [0.4, 0.5) is 0 Å². The lowest BCUT2D eigenvalue weighted by atomic mass is 10.1. The van der Waals surface area contributed by atoms with Gasteiger partial charge in [0.1, 0.15) is 11.4 Å². The average Bonchev–Trinajstić information content (AvgIpc) is 3.42. The van der Waals surface area contributed by atoms with E-state index in [9.17, 15) is 4.79 Å². The molecule has 0 atom stereocenters. The summed E-state index contributed by atoms with van der Waals surface area (Å²) in [6.07, 6.45) is 0. The van der Waals surface area contributed by atoms with Crippen LogP contribution in [0.5, 0.6) is 5.75 Å². The van der Waals surface area contributed by atoms with Crippen LogP contribution in [0.25, 0.3) is 33.8 Å². The van der Waals surface area contributed by atoms with Crippen LogP contribution < -0.4 is 4.74 Å². The predicted octanol–water partition coefficient (Wildman–Crippen LogP) is 5.53. The first-order chi connectivity index (χ1) is 14.2. The van der Waals surface area contributed by atoms with Gasteiger partial charge in [-0.05, 0) is 60.5 Å². The summed E-state index contributed by atoms with van der Waals surface area (Å²) in [5.41, 5.74) is 5.93. The molecule has 5 nitrogen and oxygen atoms in total. The molecule has 2 aromatic carbocycles. The first-order valence-corrected chi connectivity index (χ1v) is 9.49. The number of aromatic amines is 2. The van der Waals surface area contributed by atoms with Gasteiger partial charge in [-0.25, -0.2) is 4.79 Å². The molecule has 0 radical (unpaired) electrons. The van der Waals surface area contributed by atoms with E-state index in [0.717, 1.165) is 39.5 Å². The number of nitrogens with one attached hydrogen (secondary N) is 2. The van der Waals surface area contributed by atoms with Gasteiger partial charge >= 0.3 is 5.97 Å². The molecule has 0 saturated heterocycles. The van der Waals surface area contributed by atoms with Crippen molar-refractivity contribution in [3.05, 3.63) is 78.5 Å². The Balaban J connectivity index is 1.74. The lowest BCUT2D eigenvalue weighted by molar-refractivity contribution is 0.0521. The molecular weight excluding hydrogens is 364 g/mol. The summed E-state index contributed by atoms with van der Waals surface area (Å²) in [4.78, 5) is 19.2. The third kappa shape index (κ3) is 3.80. The molecule has 0 bridgehead atoms. The molecule has 0 spiro atoms. The third-order valence-electron chi connectivity index (χ3n) is 4.76. The van der Waals surface area contributed by atoms with Crippen LogP contribution in [0.3, 0.4) is 0 Å². The Morgan fingerprint density at radius 2 is 1.52 bits per heavy atom. The second-order valence-corrected chi connectivity index (χ2v) is 6.57. The maximum Gasteiger partial charge on any atom is 0.355 e. The monoisotopic (exact) mass is 386 g/mol. The van der Waals surface area contributed by atoms with Gasteiger partial charge in [-0.15, -0.1) is 0 Å². The van der Waals surface area contributed by atoms with Crippen LogP contribution in [0.2, 0.25) is 0 Å². The van der Waals surface area contributed by atoms with Gasteiger partial charge in [0.25, 0.3) is 0 Å². The molecule has 5 heteroatoms. The van der Waals surface area contributed by atoms with Crippen molar-refractivity contribution in [3.8, 4) is 39.5 Å². The minimum Gasteiger partial charge on any atom is -0.497 e. The molecule has 4 rings (SSSR count). The van der Waals surface area contributed by atoms with Crippen molar-refractivity contribution in [2.45, 2.75) is 6.92 Å². The molecular formula is C24H22N2O3. The highest BCUT2D eigenvalue weighted by atomic mass is 16.5. The predicted molar refractivity (Wildman–Crippen MR) is 114 cm³/mol. The van der Waals surface area contributed by atoms with Crippen LogP contribution in [-0.2, 0) is 4.74 Å². The molecule has 146 valence electrons. The molecule has 0 aliphatic rings. The zero-order valence-corrected chi connectivity index (χ0v) is 16.4. The largest absolute Gasteiger partial charge is 0.497 e. The first-order valence-electron chi connectivity index (χ1n) is 9.49. The first kappa shape index (κ1) is 18.6. The molecule has 4 aromatic rings. The van der Waals surface area contributed by atoms with Crippen molar-refractivity contribution in [3.63, 3.8) is 0 Å². The molecule has 0 saturated carbocycles. The van der Waals surface area contributed by atoms with Crippen molar-refractivity contribution in [1.29, 1.82) is 0 Å². The number of ether oxygens (including phenoxy) is 2. The summed E-state index contributed by atoms with van der Waals surface area (Å²) < 4.78 is 10.5. The van der Waals surface area contributed by atoms with E-state index in [-0.39, 0.29) is 5.97 Å². The third-order valence-corrected chi connectivity index (χ3v) is 4.76. The zero-order valence-electron chi connectivity index (χ0n) is 16.4. The van der Waals surface area contributed by atoms with E-state index in [2.05, 4.69) is 9.97 Å². The highest BCUT2D eigenvalue weighted by Gasteiger charge is 2.20. The number of hydrogen-bond acceptors (Lipinski definition) is 3. The van der Waals surface area contributed by atoms with Crippen molar-refractivity contribution in [1.82, 2.24) is 9.97 Å². The van der Waals surface area contributed by atoms with Gasteiger partial charge in [0.05, 0.1) is 13.7 Å². The fourth-order valence-corrected chi connectivity index (χ4v) is 3.30. The van der Waals surface area contributed by atoms with Crippen molar-refractivity contribution in [2.24, 2.45) is 0 Å². The van der Waals surface area contributed by atoms with Crippen molar-refractivity contribution in [2.75, 3.05) is 13.7 Å². The van der Waals surface area contributed by atoms with Gasteiger partial charge in [-0.2, -0.15) is 0 Å². The van der Waals surface area contributed by atoms with Crippen LogP contribution in [0.1, 0.15) is 17.4 Å². The lowest BCUT2D eigenvalue weighted by Gasteiger charge is -2.03. The van der Waals surface area contributed by atoms with Crippen LogP contribution in [-0.4, -0.2) is 29.7 Å². The normalized spacial score (nSPS) is 10.7. The van der Waals surface area contributed by atoms with Gasteiger partial charge in [-0.1, -0.05) is 30.3 Å². The van der Waals surface area contributed by atoms with E-state index in [1.807, 2.05) is 72.8 Å². The standard InChI is InChI=1S/C24H22N2O3/c1-3-29-24(27)23-19(15-22(26-23)16-7-5-4-6-8-16)21-14-13-20(25-21)17-9-11-18(28-2)12-10-17/h4-15,25-26H,3H2,1-2H3. The van der Waals surface area contributed by atoms with Gasteiger partial charge in [-0.3, -0.25) is 0 Å². The maximum absolute atomic E-state index is 12.5. The summed E-state index contributed by atoms with van der Waals surface area (Å²) >= 11 is 0. The van der Waals surface area contributed by atoms with Crippen LogP contribution in [0, 0.1) is 0 Å². The Bertz CT molecular complexity index is 1110. The Morgan fingerprint density at radius 3 is 2.21 bits per heavy atom. The number of aromatic nitrogens is 2. The second-order valence-electron chi connectivity index (χ2n) is 6.57. The molecule has 0 aliphatic heterocycles. The SMILES string of the molecule is CCOC(=O)c1[nH]c(-c2ccccc2)cc1-c1ccc(-c2ccc(OC)cc2)[nH]1. The summed E-state index contributed by atoms with van der Waals surface area (Å²) in [7, 11) is 1.65. The molecule has 0 fully saturated rings. The number of carbonyl (C=O) groups is 1. The van der Waals surface area contributed by atoms with E-state index in [1.54, 1.807) is 14.0 Å². The van der Waals surface area contributed by atoms with Crippen molar-refractivity contribution < 1.29 is 14.3 Å². The van der Waals surface area contributed by atoms with Crippen LogP contribution in [0.15, 0.2) is 72.8 Å². The summed E-state index contributed by atoms with van der Waals surface area (Å²) in [6.45, 7) is 2.12. The Kier molecular flexibility index (Phi) is 5.20. The highest BCUT2D eigenvalue weighted by molar-refractivity contribution is 5.97. The zero-order chi connectivity index (χ0) is 20.2. The van der Waals surface area contributed by atoms with Gasteiger partial charge < -0.3 is 19.4 Å². The Hall–Kier alpha value is -3.73. The molecule has 2 heterocycles. The number of methoxy groups -OCH3 is 1. The highest BCUT2D eigenvalue weighted by Crippen LogP contribution is 2.32. The van der Waals surface area contributed by atoms with Gasteiger partial charge in [0.2, 0.25) is 0 Å². The van der Waals surface area contributed by atoms with Crippen molar-refractivity contribution >= 4 is 5.97 Å². The number of carbonyl (C=O) groups excluding carboxylic acids is 1. The quantitative estimate of drug-likeness (QED) is 0.428. The van der Waals surface area contributed by atoms with E-state index in [1.165, 1.54) is 0 Å². The number of hydrogen-bond donors (Lipinski definition) is 2. The molecule has 0 aliphatic carbocycles. The molecule has 0 amide bonds. The minimum atomic E-state index is -0.370. The summed E-state index contributed by atoms with van der Waals surface area (Å²) in [6, 6.07) is 23.7. The fraction of sp³-hybridized carbons (Fsp3) is 0.125. The van der Waals surface area contributed by atoms with Crippen LogP contribution >= 0.6 is 0 Å². The Morgan fingerprint density at radius 1 is 0.828 bits per heavy atom. The minimum absolute atomic E-state index is 0.319. The Labute approximate surface area is 169 Å².